The van der Waals surface area contributed by atoms with Gasteiger partial charge in [0.1, 0.15) is 5.56 Å². The van der Waals surface area contributed by atoms with E-state index < -0.39 is 46.8 Å². The molecule has 0 radical (unpaired) electrons. The molecular weight excluding hydrogens is 667 g/mol. The molecular formula is C40H41F5N2O4. The average Bonchev–Trinajstić information content (AvgIpc) is 3.14. The molecule has 0 aliphatic carbocycles. The van der Waals surface area contributed by atoms with E-state index >= 15 is 0 Å². The van der Waals surface area contributed by atoms with Gasteiger partial charge in [0, 0.05) is 24.6 Å². The van der Waals surface area contributed by atoms with Crippen molar-refractivity contribution in [1.29, 1.82) is 0 Å². The van der Waals surface area contributed by atoms with Crippen LogP contribution in [0, 0.1) is 35.0 Å². The molecule has 0 spiro atoms. The van der Waals surface area contributed by atoms with E-state index in [-0.39, 0.29) is 31.3 Å². The van der Waals surface area contributed by atoms with Crippen LogP contribution in [0.5, 0.6) is 0 Å². The van der Waals surface area contributed by atoms with E-state index in [0.717, 1.165) is 60.3 Å². The van der Waals surface area contributed by atoms with Crippen molar-refractivity contribution in [3.8, 4) is 11.1 Å². The number of aliphatic hydroxyl groups excluding tert-OH is 1. The summed E-state index contributed by atoms with van der Waals surface area (Å²) in [5.74, 6) is -12.5. The molecule has 0 bridgehead atoms. The summed E-state index contributed by atoms with van der Waals surface area (Å²) in [5.41, 5.74) is 3.20. The number of hydrogen-bond donors (Lipinski definition) is 2. The zero-order valence-electron chi connectivity index (χ0n) is 28.3. The fourth-order valence-corrected chi connectivity index (χ4v) is 6.88. The third-order valence-electron chi connectivity index (χ3n) is 9.82. The van der Waals surface area contributed by atoms with Crippen molar-refractivity contribution in [3.63, 3.8) is 0 Å². The number of likely N-dealkylation sites (tertiary alicyclic amines) is 1. The van der Waals surface area contributed by atoms with Crippen LogP contribution in [0.15, 0.2) is 72.8 Å². The zero-order chi connectivity index (χ0) is 36.1. The van der Waals surface area contributed by atoms with Gasteiger partial charge >= 0.3 is 0 Å². The first-order valence-corrected chi connectivity index (χ1v) is 17.4. The van der Waals surface area contributed by atoms with Crippen molar-refractivity contribution >= 4 is 5.91 Å². The molecule has 2 saturated heterocycles. The molecule has 51 heavy (non-hydrogen) atoms. The third-order valence-corrected chi connectivity index (χ3v) is 9.82. The maximum Gasteiger partial charge on any atom is 0.257 e. The minimum atomic E-state index is -2.33. The Balaban J connectivity index is 1.22. The maximum absolute atomic E-state index is 14.2. The van der Waals surface area contributed by atoms with Crippen LogP contribution < -0.4 is 5.32 Å². The maximum atomic E-state index is 14.2. The summed E-state index contributed by atoms with van der Waals surface area (Å²) >= 11 is 0. The molecule has 6 rings (SSSR count). The Hall–Kier alpha value is -4.16. The molecule has 4 aromatic carbocycles. The largest absolute Gasteiger partial charge is 0.392 e. The summed E-state index contributed by atoms with van der Waals surface area (Å²) in [4.78, 5) is 15.0. The van der Waals surface area contributed by atoms with Crippen LogP contribution in [-0.2, 0) is 22.6 Å². The van der Waals surface area contributed by atoms with Crippen molar-refractivity contribution < 1.29 is 41.3 Å². The van der Waals surface area contributed by atoms with Crippen LogP contribution in [0.1, 0.15) is 84.0 Å². The summed E-state index contributed by atoms with van der Waals surface area (Å²) in [7, 11) is 0. The van der Waals surface area contributed by atoms with Crippen LogP contribution in [0.4, 0.5) is 22.0 Å². The molecule has 4 atom stereocenters. The van der Waals surface area contributed by atoms with Gasteiger partial charge in [0.05, 0.1) is 18.8 Å². The number of ether oxygens (including phenoxy) is 2. The van der Waals surface area contributed by atoms with Crippen LogP contribution in [0.3, 0.4) is 0 Å². The van der Waals surface area contributed by atoms with E-state index in [1.807, 2.05) is 54.6 Å². The Morgan fingerprint density at radius 1 is 0.745 bits per heavy atom. The Kier molecular flexibility index (Phi) is 11.8. The molecule has 4 aromatic rings. The zero-order valence-corrected chi connectivity index (χ0v) is 28.3. The second-order valence-electron chi connectivity index (χ2n) is 13.3. The highest BCUT2D eigenvalue weighted by atomic mass is 19.2. The molecule has 2 fully saturated rings. The lowest BCUT2D eigenvalue weighted by Crippen LogP contribution is -2.45. The SMILES string of the molecule is C[C@H]1[C@@H](CN2CCCCCCC2)O[C@@H](c2cccc(-c3cccc(CNC(=O)c4c(F)c(F)c(F)c(F)c4F)c3)c2)O[C@H]1c1ccc(CO)cc1. The third kappa shape index (κ3) is 8.33. The predicted molar refractivity (Wildman–Crippen MR) is 182 cm³/mol. The highest BCUT2D eigenvalue weighted by Crippen LogP contribution is 2.42. The summed E-state index contributed by atoms with van der Waals surface area (Å²) in [6, 6.07) is 22.5. The van der Waals surface area contributed by atoms with E-state index in [1.54, 1.807) is 18.2 Å². The van der Waals surface area contributed by atoms with Crippen LogP contribution >= 0.6 is 0 Å². The van der Waals surface area contributed by atoms with Gasteiger partial charge in [-0.15, -0.1) is 0 Å². The molecule has 11 heteroatoms. The normalized spacial score (nSPS) is 21.5. The quantitative estimate of drug-likeness (QED) is 0.104. The van der Waals surface area contributed by atoms with Gasteiger partial charge in [0.25, 0.3) is 5.91 Å². The van der Waals surface area contributed by atoms with E-state index in [1.165, 1.54) is 19.3 Å². The second kappa shape index (κ2) is 16.5. The van der Waals surface area contributed by atoms with E-state index in [4.69, 9.17) is 9.47 Å². The number of carbonyl (C=O) groups is 1. The van der Waals surface area contributed by atoms with E-state index in [9.17, 15) is 31.9 Å². The van der Waals surface area contributed by atoms with Crippen LogP contribution in [0.25, 0.3) is 11.1 Å². The van der Waals surface area contributed by atoms with Crippen LogP contribution in [-0.4, -0.2) is 41.7 Å². The molecule has 0 saturated carbocycles. The summed E-state index contributed by atoms with van der Waals surface area (Å²) < 4.78 is 82.6. The standard InChI is InChI=1S/C40H41F5N2O4/c1-24-31(22-47-17-5-3-2-4-6-18-47)50-40(51-38(24)27-15-13-25(23-48)14-16-27)30-12-8-11-29(20-30)28-10-7-9-26(19-28)21-46-39(49)32-33(41)35(43)37(45)36(44)34(32)42/h7-16,19-20,24,31,38,40,48H,2-6,17-18,21-23H2,1H3,(H,46,49)/t24-,31+,38+,40+/m0/s1. The average molecular weight is 709 g/mol. The first kappa shape index (κ1) is 36.6. The summed E-state index contributed by atoms with van der Waals surface area (Å²) in [6.07, 6.45) is 5.02. The molecule has 2 aliphatic heterocycles. The molecule has 2 N–H and O–H groups in total. The van der Waals surface area contributed by atoms with Gasteiger partial charge in [-0.1, -0.05) is 86.8 Å². The monoisotopic (exact) mass is 708 g/mol. The van der Waals surface area contributed by atoms with Crippen molar-refractivity contribution in [2.24, 2.45) is 5.92 Å². The number of benzene rings is 4. The van der Waals surface area contributed by atoms with Gasteiger partial charge in [-0.05, 0) is 65.9 Å². The molecule has 0 unspecified atom stereocenters. The van der Waals surface area contributed by atoms with Gasteiger partial charge in [0.15, 0.2) is 29.6 Å². The molecule has 1 amide bonds. The van der Waals surface area contributed by atoms with Gasteiger partial charge < -0.3 is 24.8 Å². The Labute approximate surface area is 294 Å². The summed E-state index contributed by atoms with van der Waals surface area (Å²) in [5, 5.41) is 11.9. The highest BCUT2D eigenvalue weighted by molar-refractivity contribution is 5.94. The van der Waals surface area contributed by atoms with Crippen molar-refractivity contribution in [3.05, 3.63) is 130 Å². The fraction of sp³-hybridized carbons (Fsp3) is 0.375. The highest BCUT2D eigenvalue weighted by Gasteiger charge is 2.39. The first-order valence-electron chi connectivity index (χ1n) is 17.4. The number of carbonyl (C=O) groups excluding carboxylic acids is 1. The van der Waals surface area contributed by atoms with Crippen molar-refractivity contribution in [2.75, 3.05) is 19.6 Å². The number of amides is 1. The molecule has 0 aromatic heterocycles. The number of halogens is 5. The Morgan fingerprint density at radius 3 is 2.02 bits per heavy atom. The number of aliphatic hydroxyl groups is 1. The fourth-order valence-electron chi connectivity index (χ4n) is 6.88. The Morgan fingerprint density at radius 2 is 1.35 bits per heavy atom. The van der Waals surface area contributed by atoms with Gasteiger partial charge in [-0.25, -0.2) is 22.0 Å². The Bertz CT molecular complexity index is 1800. The minimum absolute atomic E-state index is 0.0453. The minimum Gasteiger partial charge on any atom is -0.392 e. The lowest BCUT2D eigenvalue weighted by atomic mass is 9.89. The van der Waals surface area contributed by atoms with E-state index in [0.29, 0.717) is 5.56 Å². The van der Waals surface area contributed by atoms with Crippen molar-refractivity contribution in [2.45, 2.75) is 70.7 Å². The number of nitrogens with one attached hydrogen (secondary N) is 1. The smallest absolute Gasteiger partial charge is 0.257 e. The van der Waals surface area contributed by atoms with Crippen molar-refractivity contribution in [1.82, 2.24) is 10.2 Å². The first-order chi connectivity index (χ1) is 24.6. The van der Waals surface area contributed by atoms with E-state index in [2.05, 4.69) is 17.1 Å². The molecule has 2 heterocycles. The lowest BCUT2D eigenvalue weighted by Gasteiger charge is -2.43. The van der Waals surface area contributed by atoms with Gasteiger partial charge in [0.2, 0.25) is 5.82 Å². The molecule has 2 aliphatic rings. The number of nitrogens with zero attached hydrogens (tertiary/aromatic N) is 1. The molecule has 270 valence electrons. The summed E-state index contributed by atoms with van der Waals surface area (Å²) in [6.45, 7) is 4.72. The second-order valence-corrected chi connectivity index (χ2v) is 13.3. The molecule has 6 nitrogen and oxygen atoms in total. The lowest BCUT2D eigenvalue weighted by molar-refractivity contribution is -0.276. The number of rotatable bonds is 9. The topological polar surface area (TPSA) is 71.0 Å². The van der Waals surface area contributed by atoms with Gasteiger partial charge in [-0.3, -0.25) is 4.79 Å². The number of hydrogen-bond acceptors (Lipinski definition) is 5. The van der Waals surface area contributed by atoms with Gasteiger partial charge in [-0.2, -0.15) is 0 Å². The van der Waals surface area contributed by atoms with Crippen LogP contribution in [0.2, 0.25) is 0 Å². The predicted octanol–water partition coefficient (Wildman–Crippen LogP) is 8.53.